The molecule has 4 nitrogen and oxygen atoms in total. The van der Waals surface area contributed by atoms with E-state index in [2.05, 4.69) is 5.10 Å². The number of sulfonamides is 1. The molecule has 1 aliphatic heterocycles. The minimum absolute atomic E-state index is 0.0214. The highest BCUT2D eigenvalue weighted by atomic mass is 35.5. The monoisotopic (exact) mass is 486 g/mol. The molecule has 2 aromatic carbocycles. The first kappa shape index (κ1) is 22.8. The van der Waals surface area contributed by atoms with Crippen molar-refractivity contribution in [3.05, 3.63) is 63.6 Å². The maximum atomic E-state index is 13.4. The standard InChI is InChI=1S/C18H13Cl2F5N2O2S/c19-14-8-3-11(10-15(14)20)16-2-1-9-27(26-16)30(28,29)13-6-4-12(5-7-13)17(21,22)18(23,24)25/h3-8,10H,1-2,9H2. The van der Waals surface area contributed by atoms with Gasteiger partial charge in [0.15, 0.2) is 0 Å². The maximum absolute atomic E-state index is 13.4. The van der Waals surface area contributed by atoms with E-state index in [1.165, 1.54) is 12.1 Å². The maximum Gasteiger partial charge on any atom is 0.458 e. The van der Waals surface area contributed by atoms with Crippen LogP contribution in [-0.4, -0.2) is 31.3 Å². The Balaban J connectivity index is 1.92. The molecule has 0 atom stereocenters. The summed E-state index contributed by atoms with van der Waals surface area (Å²) < 4.78 is 90.7. The molecule has 0 fully saturated rings. The van der Waals surface area contributed by atoms with Crippen molar-refractivity contribution >= 4 is 38.9 Å². The summed E-state index contributed by atoms with van der Waals surface area (Å²) in [7, 11) is -4.26. The Morgan fingerprint density at radius 2 is 1.57 bits per heavy atom. The predicted molar refractivity (Wildman–Crippen MR) is 103 cm³/mol. The second-order valence-electron chi connectivity index (χ2n) is 6.43. The molecule has 30 heavy (non-hydrogen) atoms. The third kappa shape index (κ3) is 4.26. The average Bonchev–Trinajstić information content (AvgIpc) is 2.69. The molecule has 1 heterocycles. The molecule has 0 amide bonds. The van der Waals surface area contributed by atoms with Gasteiger partial charge in [-0.2, -0.15) is 39.9 Å². The van der Waals surface area contributed by atoms with Crippen LogP contribution in [-0.2, 0) is 15.9 Å². The number of hydrazone groups is 1. The van der Waals surface area contributed by atoms with Crippen LogP contribution in [0.3, 0.4) is 0 Å². The Bertz CT molecular complexity index is 1090. The van der Waals surface area contributed by atoms with Crippen molar-refractivity contribution in [3.63, 3.8) is 0 Å². The van der Waals surface area contributed by atoms with Crippen LogP contribution < -0.4 is 0 Å². The fourth-order valence-electron chi connectivity index (χ4n) is 2.79. The number of alkyl halides is 5. The predicted octanol–water partition coefficient (Wildman–Crippen LogP) is 5.84. The number of benzene rings is 2. The molecule has 0 saturated carbocycles. The first-order valence-electron chi connectivity index (χ1n) is 8.45. The number of halogens is 7. The molecule has 0 radical (unpaired) electrons. The molecule has 0 unspecified atom stereocenters. The van der Waals surface area contributed by atoms with Crippen molar-refractivity contribution in [3.8, 4) is 0 Å². The Labute approximate surface area is 178 Å². The van der Waals surface area contributed by atoms with Gasteiger partial charge in [-0.3, -0.25) is 0 Å². The molecule has 0 aliphatic carbocycles. The van der Waals surface area contributed by atoms with Crippen molar-refractivity contribution in [1.29, 1.82) is 0 Å². The van der Waals surface area contributed by atoms with E-state index in [1.807, 2.05) is 0 Å². The topological polar surface area (TPSA) is 49.7 Å². The summed E-state index contributed by atoms with van der Waals surface area (Å²) >= 11 is 11.9. The summed E-state index contributed by atoms with van der Waals surface area (Å²) in [5.41, 5.74) is -0.374. The van der Waals surface area contributed by atoms with Crippen molar-refractivity contribution < 1.29 is 30.4 Å². The van der Waals surface area contributed by atoms with Gasteiger partial charge in [-0.1, -0.05) is 41.4 Å². The molecule has 0 spiro atoms. The lowest BCUT2D eigenvalue weighted by molar-refractivity contribution is -0.289. The highest BCUT2D eigenvalue weighted by molar-refractivity contribution is 7.89. The van der Waals surface area contributed by atoms with Crippen LogP contribution in [0.15, 0.2) is 52.5 Å². The Hall–Kier alpha value is -1.91. The normalized spacial score (nSPS) is 15.8. The highest BCUT2D eigenvalue weighted by Gasteiger charge is 2.58. The van der Waals surface area contributed by atoms with Gasteiger partial charge in [0.05, 0.1) is 27.2 Å². The lowest BCUT2D eigenvalue weighted by Gasteiger charge is -2.25. The molecule has 162 valence electrons. The van der Waals surface area contributed by atoms with E-state index in [0.29, 0.717) is 53.4 Å². The largest absolute Gasteiger partial charge is 0.458 e. The van der Waals surface area contributed by atoms with Crippen molar-refractivity contribution in [2.45, 2.75) is 29.8 Å². The summed E-state index contributed by atoms with van der Waals surface area (Å²) in [6.45, 7) is 0.0214. The number of rotatable bonds is 4. The van der Waals surface area contributed by atoms with E-state index in [-0.39, 0.29) is 11.6 Å². The molecule has 0 N–H and O–H groups in total. The Morgan fingerprint density at radius 1 is 0.933 bits per heavy atom. The van der Waals surface area contributed by atoms with Crippen molar-refractivity contribution in [2.24, 2.45) is 5.10 Å². The van der Waals surface area contributed by atoms with Crippen LogP contribution in [0.1, 0.15) is 24.0 Å². The molecule has 0 bridgehead atoms. The van der Waals surface area contributed by atoms with Crippen molar-refractivity contribution in [2.75, 3.05) is 6.54 Å². The van der Waals surface area contributed by atoms with Gasteiger partial charge in [0.25, 0.3) is 10.0 Å². The minimum Gasteiger partial charge on any atom is -0.200 e. The zero-order chi connectivity index (χ0) is 22.3. The van der Waals surface area contributed by atoms with Gasteiger partial charge in [-0.25, -0.2) is 0 Å². The summed E-state index contributed by atoms with van der Waals surface area (Å²) in [5, 5.41) is 4.69. The highest BCUT2D eigenvalue weighted by Crippen LogP contribution is 2.44. The molecular weight excluding hydrogens is 474 g/mol. The zero-order valence-electron chi connectivity index (χ0n) is 14.9. The number of nitrogens with zero attached hydrogens (tertiary/aromatic N) is 2. The van der Waals surface area contributed by atoms with Gasteiger partial charge in [0.2, 0.25) is 0 Å². The summed E-state index contributed by atoms with van der Waals surface area (Å²) in [5.74, 6) is -5.10. The lowest BCUT2D eigenvalue weighted by atomic mass is 10.1. The van der Waals surface area contributed by atoms with E-state index in [4.69, 9.17) is 23.2 Å². The van der Waals surface area contributed by atoms with Gasteiger partial charge in [0, 0.05) is 5.56 Å². The first-order valence-corrected chi connectivity index (χ1v) is 10.6. The second kappa shape index (κ2) is 7.97. The molecular formula is C18H13Cl2F5N2O2S. The first-order chi connectivity index (χ1) is 13.8. The lowest BCUT2D eigenvalue weighted by Crippen LogP contribution is -2.34. The van der Waals surface area contributed by atoms with E-state index in [9.17, 15) is 30.4 Å². The molecule has 3 rings (SSSR count). The molecule has 2 aromatic rings. The van der Waals surface area contributed by atoms with Crippen LogP contribution >= 0.6 is 23.2 Å². The molecule has 0 aromatic heterocycles. The summed E-state index contributed by atoms with van der Waals surface area (Å²) in [6, 6.07) is 6.97. The molecule has 12 heteroatoms. The summed E-state index contributed by atoms with van der Waals surface area (Å²) in [6.07, 6.45) is -4.91. The smallest absolute Gasteiger partial charge is 0.200 e. The average molecular weight is 487 g/mol. The molecule has 0 saturated heterocycles. The van der Waals surface area contributed by atoms with Crippen LogP contribution in [0.2, 0.25) is 10.0 Å². The summed E-state index contributed by atoms with van der Waals surface area (Å²) in [4.78, 5) is -0.455. The minimum atomic E-state index is -5.79. The van der Waals surface area contributed by atoms with Crippen LogP contribution in [0.5, 0.6) is 0 Å². The van der Waals surface area contributed by atoms with E-state index >= 15 is 0 Å². The van der Waals surface area contributed by atoms with Crippen LogP contribution in [0.25, 0.3) is 0 Å². The zero-order valence-corrected chi connectivity index (χ0v) is 17.3. The van der Waals surface area contributed by atoms with Crippen LogP contribution in [0, 0.1) is 0 Å². The number of hydrogen-bond donors (Lipinski definition) is 0. The number of hydrogen-bond acceptors (Lipinski definition) is 3. The van der Waals surface area contributed by atoms with Gasteiger partial charge in [0.1, 0.15) is 0 Å². The molecule has 1 aliphatic rings. The van der Waals surface area contributed by atoms with Crippen molar-refractivity contribution in [1.82, 2.24) is 4.41 Å². The van der Waals surface area contributed by atoms with Gasteiger partial charge >= 0.3 is 12.1 Å². The van der Waals surface area contributed by atoms with Crippen LogP contribution in [0.4, 0.5) is 22.0 Å². The van der Waals surface area contributed by atoms with Gasteiger partial charge < -0.3 is 0 Å². The van der Waals surface area contributed by atoms with E-state index < -0.39 is 32.6 Å². The Morgan fingerprint density at radius 3 is 2.13 bits per heavy atom. The van der Waals surface area contributed by atoms with E-state index in [1.54, 1.807) is 6.07 Å². The van der Waals surface area contributed by atoms with Gasteiger partial charge in [-0.05, 0) is 42.7 Å². The fraction of sp³-hybridized carbons (Fsp3) is 0.278. The SMILES string of the molecule is O=S(=O)(c1ccc(C(F)(F)C(F)(F)F)cc1)N1CCCC(c2ccc(Cl)c(Cl)c2)=N1. The third-order valence-electron chi connectivity index (χ3n) is 4.40. The Kier molecular flexibility index (Phi) is 6.05. The van der Waals surface area contributed by atoms with Gasteiger partial charge in [-0.15, -0.1) is 0 Å². The quantitative estimate of drug-likeness (QED) is 0.510. The fourth-order valence-corrected chi connectivity index (χ4v) is 4.39. The second-order valence-corrected chi connectivity index (χ2v) is 9.08. The van der Waals surface area contributed by atoms with E-state index in [0.717, 1.165) is 4.41 Å². The third-order valence-corrected chi connectivity index (χ3v) is 6.82.